The molecule has 2 N–H and O–H groups in total. The van der Waals surface area contributed by atoms with Gasteiger partial charge in [0.25, 0.3) is 5.56 Å². The Morgan fingerprint density at radius 1 is 1.33 bits per heavy atom. The zero-order valence-electron chi connectivity index (χ0n) is 9.46. The third kappa shape index (κ3) is 2.79. The molecule has 18 heavy (non-hydrogen) atoms. The summed E-state index contributed by atoms with van der Waals surface area (Å²) in [5, 5.41) is 14.9. The summed E-state index contributed by atoms with van der Waals surface area (Å²) in [7, 11) is 0. The lowest BCUT2D eigenvalue weighted by Gasteiger charge is -2.01. The first-order valence-electron chi connectivity index (χ1n) is 5.38. The first-order chi connectivity index (χ1) is 8.66. The molecule has 0 aromatic carbocycles. The molecular weight excluding hydrogens is 234 g/mol. The monoisotopic (exact) mass is 245 g/mol. The largest absolute Gasteiger partial charge is 0.481 e. The number of carboxylic acids is 1. The SMILES string of the molecule is O=C(O)CCc1cc(-c2ccccn2)n[nH]c1=O. The number of aromatic nitrogens is 3. The first kappa shape index (κ1) is 12.0. The van der Waals surface area contributed by atoms with Gasteiger partial charge in [0, 0.05) is 18.2 Å². The summed E-state index contributed by atoms with van der Waals surface area (Å²) in [5.74, 6) is -0.939. The van der Waals surface area contributed by atoms with Gasteiger partial charge >= 0.3 is 5.97 Å². The number of aliphatic carboxylic acids is 1. The third-order valence-corrected chi connectivity index (χ3v) is 2.42. The molecule has 6 nitrogen and oxygen atoms in total. The third-order valence-electron chi connectivity index (χ3n) is 2.42. The molecule has 0 spiro atoms. The maximum Gasteiger partial charge on any atom is 0.303 e. The minimum absolute atomic E-state index is 0.0885. The average Bonchev–Trinajstić information content (AvgIpc) is 2.38. The summed E-state index contributed by atoms with van der Waals surface area (Å²) in [6.45, 7) is 0. The second-order valence-corrected chi connectivity index (χ2v) is 3.72. The Bertz CT molecular complexity index is 607. The summed E-state index contributed by atoms with van der Waals surface area (Å²) in [6.07, 6.45) is 1.71. The van der Waals surface area contributed by atoms with Crippen LogP contribution in [0.5, 0.6) is 0 Å². The summed E-state index contributed by atoms with van der Waals surface area (Å²) in [6, 6.07) is 6.93. The van der Waals surface area contributed by atoms with E-state index in [-0.39, 0.29) is 18.4 Å². The van der Waals surface area contributed by atoms with Crippen LogP contribution in [0.3, 0.4) is 0 Å². The minimum atomic E-state index is -0.939. The highest BCUT2D eigenvalue weighted by atomic mass is 16.4. The molecule has 0 radical (unpaired) electrons. The predicted molar refractivity (Wildman–Crippen MR) is 64.0 cm³/mol. The normalized spacial score (nSPS) is 10.2. The number of rotatable bonds is 4. The lowest BCUT2D eigenvalue weighted by atomic mass is 10.1. The number of carbonyl (C=O) groups is 1. The number of pyridine rings is 1. The Balaban J connectivity index is 2.32. The van der Waals surface area contributed by atoms with Crippen LogP contribution in [0.2, 0.25) is 0 Å². The fourth-order valence-corrected chi connectivity index (χ4v) is 1.52. The van der Waals surface area contributed by atoms with E-state index in [2.05, 4.69) is 15.2 Å². The zero-order valence-corrected chi connectivity index (χ0v) is 9.46. The van der Waals surface area contributed by atoms with E-state index >= 15 is 0 Å². The summed E-state index contributed by atoms with van der Waals surface area (Å²) >= 11 is 0. The molecule has 6 heteroatoms. The van der Waals surface area contributed by atoms with E-state index in [0.29, 0.717) is 17.0 Å². The number of carboxylic acid groups (broad SMARTS) is 1. The van der Waals surface area contributed by atoms with Gasteiger partial charge in [0.15, 0.2) is 0 Å². The van der Waals surface area contributed by atoms with Crippen LogP contribution < -0.4 is 5.56 Å². The standard InChI is InChI=1S/C12H11N3O3/c16-11(17)5-4-8-7-10(14-15-12(8)18)9-3-1-2-6-13-9/h1-3,6-7H,4-5H2,(H,15,18)(H,16,17). The van der Waals surface area contributed by atoms with Crippen LogP contribution in [0, 0.1) is 0 Å². The molecule has 0 atom stereocenters. The number of aryl methyl sites for hydroxylation is 1. The number of H-pyrrole nitrogens is 1. The summed E-state index contributed by atoms with van der Waals surface area (Å²) in [5.41, 5.74) is 1.19. The van der Waals surface area contributed by atoms with Gasteiger partial charge < -0.3 is 5.11 Å². The number of nitrogens with zero attached hydrogens (tertiary/aromatic N) is 2. The van der Waals surface area contributed by atoms with Gasteiger partial charge in [-0.15, -0.1) is 0 Å². The second-order valence-electron chi connectivity index (χ2n) is 3.72. The van der Waals surface area contributed by atoms with E-state index in [1.54, 1.807) is 24.4 Å². The molecule has 0 saturated carbocycles. The highest BCUT2D eigenvalue weighted by molar-refractivity contribution is 5.67. The van der Waals surface area contributed by atoms with Crippen molar-refractivity contribution in [2.24, 2.45) is 0 Å². The molecule has 0 saturated heterocycles. The molecule has 0 bridgehead atoms. The van der Waals surface area contributed by atoms with Crippen LogP contribution in [0.4, 0.5) is 0 Å². The first-order valence-corrected chi connectivity index (χ1v) is 5.38. The van der Waals surface area contributed by atoms with Crippen LogP contribution in [0.1, 0.15) is 12.0 Å². The van der Waals surface area contributed by atoms with Gasteiger partial charge in [0.05, 0.1) is 5.69 Å². The van der Waals surface area contributed by atoms with E-state index in [1.807, 2.05) is 6.07 Å². The fourth-order valence-electron chi connectivity index (χ4n) is 1.52. The van der Waals surface area contributed by atoms with Gasteiger partial charge in [0.1, 0.15) is 5.69 Å². The minimum Gasteiger partial charge on any atom is -0.481 e. The number of nitrogens with one attached hydrogen (secondary N) is 1. The predicted octanol–water partition coefficient (Wildman–Crippen LogP) is 0.849. The molecule has 0 unspecified atom stereocenters. The van der Waals surface area contributed by atoms with Crippen LogP contribution in [-0.4, -0.2) is 26.3 Å². The van der Waals surface area contributed by atoms with Gasteiger partial charge in [-0.1, -0.05) is 6.07 Å². The number of aromatic amines is 1. The molecule has 2 heterocycles. The van der Waals surface area contributed by atoms with Gasteiger partial charge in [-0.05, 0) is 24.6 Å². The van der Waals surface area contributed by atoms with E-state index in [4.69, 9.17) is 5.11 Å². The van der Waals surface area contributed by atoms with Crippen molar-refractivity contribution in [3.63, 3.8) is 0 Å². The smallest absolute Gasteiger partial charge is 0.303 e. The number of hydrogen-bond donors (Lipinski definition) is 2. The van der Waals surface area contributed by atoms with Crippen molar-refractivity contribution in [1.82, 2.24) is 15.2 Å². The molecule has 0 aliphatic rings. The topological polar surface area (TPSA) is 95.9 Å². The maximum absolute atomic E-state index is 11.5. The molecule has 0 amide bonds. The molecule has 0 aliphatic heterocycles. The Morgan fingerprint density at radius 3 is 2.83 bits per heavy atom. The van der Waals surface area contributed by atoms with Gasteiger partial charge in [-0.3, -0.25) is 14.6 Å². The van der Waals surface area contributed by atoms with Gasteiger partial charge in [-0.25, -0.2) is 5.10 Å². The molecular formula is C12H11N3O3. The van der Waals surface area contributed by atoms with E-state index in [9.17, 15) is 9.59 Å². The maximum atomic E-state index is 11.5. The average molecular weight is 245 g/mol. The molecule has 2 rings (SSSR count). The van der Waals surface area contributed by atoms with Crippen LogP contribution >= 0.6 is 0 Å². The highest BCUT2D eigenvalue weighted by Crippen LogP contribution is 2.12. The van der Waals surface area contributed by atoms with Crippen molar-refractivity contribution in [1.29, 1.82) is 0 Å². The Kier molecular flexibility index (Phi) is 3.47. The Morgan fingerprint density at radius 2 is 2.17 bits per heavy atom. The number of hydrogen-bond acceptors (Lipinski definition) is 4. The van der Waals surface area contributed by atoms with Crippen molar-refractivity contribution >= 4 is 5.97 Å². The fraction of sp³-hybridized carbons (Fsp3) is 0.167. The van der Waals surface area contributed by atoms with Crippen LogP contribution in [0.25, 0.3) is 11.4 Å². The Hall–Kier alpha value is -2.50. The lowest BCUT2D eigenvalue weighted by Crippen LogP contribution is -2.15. The molecule has 2 aromatic rings. The quantitative estimate of drug-likeness (QED) is 0.832. The van der Waals surface area contributed by atoms with Crippen molar-refractivity contribution in [2.45, 2.75) is 12.8 Å². The van der Waals surface area contributed by atoms with Crippen LogP contribution in [-0.2, 0) is 11.2 Å². The van der Waals surface area contributed by atoms with E-state index < -0.39 is 5.97 Å². The van der Waals surface area contributed by atoms with Crippen molar-refractivity contribution in [3.8, 4) is 11.4 Å². The van der Waals surface area contributed by atoms with Crippen LogP contribution in [0.15, 0.2) is 35.3 Å². The summed E-state index contributed by atoms with van der Waals surface area (Å²) in [4.78, 5) is 26.1. The van der Waals surface area contributed by atoms with Crippen molar-refractivity contribution in [3.05, 3.63) is 46.4 Å². The zero-order chi connectivity index (χ0) is 13.0. The van der Waals surface area contributed by atoms with Crippen molar-refractivity contribution < 1.29 is 9.90 Å². The lowest BCUT2D eigenvalue weighted by molar-refractivity contribution is -0.136. The van der Waals surface area contributed by atoms with Gasteiger partial charge in [-0.2, -0.15) is 5.10 Å². The molecule has 2 aromatic heterocycles. The molecule has 0 aliphatic carbocycles. The summed E-state index contributed by atoms with van der Waals surface area (Å²) < 4.78 is 0. The van der Waals surface area contributed by atoms with E-state index in [1.165, 1.54) is 0 Å². The van der Waals surface area contributed by atoms with E-state index in [0.717, 1.165) is 0 Å². The second kappa shape index (κ2) is 5.22. The molecule has 0 fully saturated rings. The molecule has 92 valence electrons. The highest BCUT2D eigenvalue weighted by Gasteiger charge is 2.07. The Labute approximate surface area is 102 Å². The van der Waals surface area contributed by atoms with Gasteiger partial charge in [0.2, 0.25) is 0 Å². The van der Waals surface area contributed by atoms with Crippen molar-refractivity contribution in [2.75, 3.05) is 0 Å².